The molecule has 8 nitrogen and oxygen atoms in total. The number of anilines is 1. The molecular formula is C32H32IN3O5. The third kappa shape index (κ3) is 7.55. The Hall–Kier alpha value is -4.12. The minimum Gasteiger partial charge on any atom is -0.490 e. The summed E-state index contributed by atoms with van der Waals surface area (Å²) in [5, 5.41) is 5.39. The predicted molar refractivity (Wildman–Crippen MR) is 168 cm³/mol. The monoisotopic (exact) mass is 665 g/mol. The van der Waals surface area contributed by atoms with Crippen molar-refractivity contribution in [2.24, 2.45) is 0 Å². The van der Waals surface area contributed by atoms with Gasteiger partial charge in [-0.1, -0.05) is 43.3 Å². The number of para-hydroxylation sites is 1. The van der Waals surface area contributed by atoms with Gasteiger partial charge >= 0.3 is 6.03 Å². The predicted octanol–water partition coefficient (Wildman–Crippen LogP) is 6.09. The molecule has 3 aromatic rings. The fraction of sp³-hybridized carbons (Fsp3) is 0.219. The second kappa shape index (κ2) is 14.0. The van der Waals surface area contributed by atoms with E-state index < -0.39 is 24.4 Å². The Labute approximate surface area is 253 Å². The molecule has 4 rings (SSSR count). The lowest BCUT2D eigenvalue weighted by Crippen LogP contribution is -2.38. The molecule has 212 valence electrons. The second-order valence-electron chi connectivity index (χ2n) is 9.29. The molecule has 0 unspecified atom stereocenters. The molecule has 0 aliphatic carbocycles. The maximum Gasteiger partial charge on any atom is 0.329 e. The summed E-state index contributed by atoms with van der Waals surface area (Å²) in [5.41, 5.74) is 4.17. The number of nitrogens with one attached hydrogen (secondary N) is 2. The molecule has 0 aromatic heterocycles. The Balaban J connectivity index is 1.54. The van der Waals surface area contributed by atoms with Crippen molar-refractivity contribution in [3.8, 4) is 11.5 Å². The number of hydrogen-bond acceptors (Lipinski definition) is 5. The number of allylic oxidation sites excluding steroid dienone is 1. The van der Waals surface area contributed by atoms with Gasteiger partial charge in [0.2, 0.25) is 5.91 Å². The molecule has 0 atom stereocenters. The van der Waals surface area contributed by atoms with Gasteiger partial charge < -0.3 is 20.1 Å². The number of carbonyl (C=O) groups excluding carboxylic acids is 3. The fourth-order valence-corrected chi connectivity index (χ4v) is 4.76. The zero-order valence-corrected chi connectivity index (χ0v) is 25.2. The van der Waals surface area contributed by atoms with Crippen LogP contribution < -0.4 is 20.1 Å². The number of urea groups is 1. The van der Waals surface area contributed by atoms with Gasteiger partial charge in [-0.3, -0.25) is 9.59 Å². The van der Waals surface area contributed by atoms with Crippen molar-refractivity contribution in [1.82, 2.24) is 10.2 Å². The summed E-state index contributed by atoms with van der Waals surface area (Å²) in [6, 6.07) is 18.5. The molecule has 4 amide bonds. The SMILES string of the molecule is C=CCc1cc(/C=C2/NC(=O)N(CC(=O)Nc3ccccc3CC)C2=O)cc(OCC)c1OCc1ccc(I)cc1. The average molecular weight is 666 g/mol. The summed E-state index contributed by atoms with van der Waals surface area (Å²) < 4.78 is 13.3. The molecular weight excluding hydrogens is 633 g/mol. The van der Waals surface area contributed by atoms with Crippen molar-refractivity contribution in [3.63, 3.8) is 0 Å². The standard InChI is InChI=1S/C32H32IN3O5/c1-4-9-24-16-22(18-28(40-6-3)30(24)41-20-21-12-14-25(33)15-13-21)17-27-31(38)36(32(39)35-27)19-29(37)34-26-11-8-7-10-23(26)5-2/h4,7-8,10-18H,1,5-6,9,19-20H2,2-3H3,(H,34,37)(H,35,39)/b27-17+. The zero-order valence-electron chi connectivity index (χ0n) is 23.0. The smallest absolute Gasteiger partial charge is 0.329 e. The first kappa shape index (κ1) is 29.9. The maximum atomic E-state index is 13.1. The van der Waals surface area contributed by atoms with Gasteiger partial charge in [0, 0.05) is 14.8 Å². The van der Waals surface area contributed by atoms with Crippen LogP contribution in [0.3, 0.4) is 0 Å². The molecule has 0 radical (unpaired) electrons. The molecule has 1 aliphatic rings. The highest BCUT2D eigenvalue weighted by atomic mass is 127. The number of carbonyl (C=O) groups is 3. The van der Waals surface area contributed by atoms with Crippen molar-refractivity contribution in [2.45, 2.75) is 33.3 Å². The minimum atomic E-state index is -0.658. The van der Waals surface area contributed by atoms with E-state index in [1.54, 1.807) is 24.3 Å². The molecule has 1 aliphatic heterocycles. The summed E-state index contributed by atoms with van der Waals surface area (Å²) in [6.45, 7) is 8.09. The van der Waals surface area contributed by atoms with Crippen molar-refractivity contribution in [2.75, 3.05) is 18.5 Å². The van der Waals surface area contributed by atoms with Crippen LogP contribution in [0, 0.1) is 3.57 Å². The number of nitrogens with zero attached hydrogens (tertiary/aromatic N) is 1. The van der Waals surface area contributed by atoms with Crippen LogP contribution in [0.25, 0.3) is 6.08 Å². The van der Waals surface area contributed by atoms with Crippen molar-refractivity contribution in [3.05, 3.63) is 105 Å². The number of ether oxygens (including phenoxy) is 2. The van der Waals surface area contributed by atoms with E-state index in [1.165, 1.54) is 0 Å². The number of amides is 4. The zero-order chi connectivity index (χ0) is 29.4. The third-order valence-corrected chi connectivity index (χ3v) is 7.08. The van der Waals surface area contributed by atoms with Gasteiger partial charge in [-0.15, -0.1) is 6.58 Å². The number of aryl methyl sites for hydroxylation is 1. The topological polar surface area (TPSA) is 97.0 Å². The van der Waals surface area contributed by atoms with Crippen LogP contribution in [-0.4, -0.2) is 35.9 Å². The van der Waals surface area contributed by atoms with E-state index in [1.807, 2.05) is 62.4 Å². The lowest BCUT2D eigenvalue weighted by molar-refractivity contribution is -0.127. The van der Waals surface area contributed by atoms with E-state index in [-0.39, 0.29) is 5.70 Å². The van der Waals surface area contributed by atoms with Crippen LogP contribution in [0.4, 0.5) is 10.5 Å². The van der Waals surface area contributed by atoms with Crippen LogP contribution >= 0.6 is 22.6 Å². The van der Waals surface area contributed by atoms with Gasteiger partial charge in [-0.05, 0) is 95.5 Å². The van der Waals surface area contributed by atoms with Crippen LogP contribution in [0.5, 0.6) is 11.5 Å². The highest BCUT2D eigenvalue weighted by Gasteiger charge is 2.35. The second-order valence-corrected chi connectivity index (χ2v) is 10.5. The van der Waals surface area contributed by atoms with Gasteiger partial charge in [0.25, 0.3) is 5.91 Å². The first-order valence-electron chi connectivity index (χ1n) is 13.3. The summed E-state index contributed by atoms with van der Waals surface area (Å²) >= 11 is 2.26. The normalized spacial score (nSPS) is 13.7. The third-order valence-electron chi connectivity index (χ3n) is 6.36. The van der Waals surface area contributed by atoms with Crippen molar-refractivity contribution >= 4 is 52.2 Å². The molecule has 3 aromatic carbocycles. The number of benzene rings is 3. The fourth-order valence-electron chi connectivity index (χ4n) is 4.40. The molecule has 1 heterocycles. The Morgan fingerprint density at radius 2 is 1.80 bits per heavy atom. The minimum absolute atomic E-state index is 0.0660. The van der Waals surface area contributed by atoms with E-state index in [2.05, 4.69) is 39.8 Å². The molecule has 2 N–H and O–H groups in total. The summed E-state index contributed by atoms with van der Waals surface area (Å²) in [7, 11) is 0. The summed E-state index contributed by atoms with van der Waals surface area (Å²) in [5.74, 6) is 0.0695. The Morgan fingerprint density at radius 3 is 2.51 bits per heavy atom. The van der Waals surface area contributed by atoms with Gasteiger partial charge in [0.15, 0.2) is 11.5 Å². The molecule has 0 saturated carbocycles. The largest absolute Gasteiger partial charge is 0.490 e. The molecule has 1 fully saturated rings. The molecule has 0 spiro atoms. The van der Waals surface area contributed by atoms with E-state index in [9.17, 15) is 14.4 Å². The van der Waals surface area contributed by atoms with E-state index in [4.69, 9.17) is 9.47 Å². The molecule has 1 saturated heterocycles. The van der Waals surface area contributed by atoms with Crippen LogP contribution in [-0.2, 0) is 29.0 Å². The van der Waals surface area contributed by atoms with Gasteiger partial charge in [0.05, 0.1) is 6.61 Å². The number of halogens is 1. The number of imide groups is 1. The molecule has 0 bridgehead atoms. The van der Waals surface area contributed by atoms with Gasteiger partial charge in [0.1, 0.15) is 18.8 Å². The first-order chi connectivity index (χ1) is 19.8. The Kier molecular flexibility index (Phi) is 10.2. The van der Waals surface area contributed by atoms with Crippen molar-refractivity contribution < 1.29 is 23.9 Å². The van der Waals surface area contributed by atoms with Crippen LogP contribution in [0.2, 0.25) is 0 Å². The van der Waals surface area contributed by atoms with Crippen LogP contribution in [0.15, 0.2) is 79.0 Å². The molecule has 9 heteroatoms. The molecule has 41 heavy (non-hydrogen) atoms. The number of hydrogen-bond donors (Lipinski definition) is 2. The highest BCUT2D eigenvalue weighted by molar-refractivity contribution is 14.1. The Morgan fingerprint density at radius 1 is 1.05 bits per heavy atom. The quantitative estimate of drug-likeness (QED) is 0.106. The number of rotatable bonds is 12. The summed E-state index contributed by atoms with van der Waals surface area (Å²) in [4.78, 5) is 39.4. The lowest BCUT2D eigenvalue weighted by Gasteiger charge is -2.17. The van der Waals surface area contributed by atoms with E-state index >= 15 is 0 Å². The van der Waals surface area contributed by atoms with E-state index in [0.717, 1.165) is 31.6 Å². The lowest BCUT2D eigenvalue weighted by atomic mass is 10.0. The van der Waals surface area contributed by atoms with Gasteiger partial charge in [-0.2, -0.15) is 0 Å². The maximum absolute atomic E-state index is 13.1. The highest BCUT2D eigenvalue weighted by Crippen LogP contribution is 2.35. The average Bonchev–Trinajstić information content (AvgIpc) is 3.21. The van der Waals surface area contributed by atoms with Crippen molar-refractivity contribution in [1.29, 1.82) is 0 Å². The first-order valence-corrected chi connectivity index (χ1v) is 14.4. The Bertz CT molecular complexity index is 1480. The van der Waals surface area contributed by atoms with Crippen LogP contribution in [0.1, 0.15) is 36.1 Å². The van der Waals surface area contributed by atoms with E-state index in [0.29, 0.717) is 42.4 Å². The van der Waals surface area contributed by atoms with Gasteiger partial charge in [-0.25, -0.2) is 9.69 Å². The summed E-state index contributed by atoms with van der Waals surface area (Å²) in [6.07, 6.45) is 4.58.